The van der Waals surface area contributed by atoms with Crippen molar-refractivity contribution in [3.8, 4) is 22.3 Å². The van der Waals surface area contributed by atoms with Crippen molar-refractivity contribution in [2.24, 2.45) is 5.73 Å². The Kier molecular flexibility index (Phi) is 9.79. The summed E-state index contributed by atoms with van der Waals surface area (Å²) in [5.74, 6) is -3.11. The molecule has 4 aromatic rings. The Labute approximate surface area is 281 Å². The number of nitrogens with zero attached hydrogens (tertiary/aromatic N) is 1. The number of amides is 2. The van der Waals surface area contributed by atoms with Gasteiger partial charge in [0.15, 0.2) is 0 Å². The number of benzene rings is 4. The molecule has 10 nitrogen and oxygen atoms in total. The molecule has 2 amide bonds. The Morgan fingerprint density at radius 1 is 0.646 bits per heavy atom. The number of rotatable bonds is 12. The van der Waals surface area contributed by atoms with Gasteiger partial charge in [-0.15, -0.1) is 0 Å². The van der Waals surface area contributed by atoms with E-state index >= 15 is 0 Å². The number of hydrogen-bond donors (Lipinski definition) is 3. The summed E-state index contributed by atoms with van der Waals surface area (Å²) in [5, 5.41) is 19.3. The number of thioether (sulfide) groups is 1. The number of carboxylic acids is 2. The van der Waals surface area contributed by atoms with Gasteiger partial charge in [0.2, 0.25) is 0 Å². The van der Waals surface area contributed by atoms with Crippen molar-refractivity contribution in [2.45, 2.75) is 30.3 Å². The van der Waals surface area contributed by atoms with Crippen LogP contribution in [0.2, 0.25) is 0 Å². The van der Waals surface area contributed by atoms with Crippen LogP contribution in [0.3, 0.4) is 0 Å². The fourth-order valence-corrected chi connectivity index (χ4v) is 7.45. The highest BCUT2D eigenvalue weighted by molar-refractivity contribution is 7.99. The average molecular weight is 667 g/mol. The van der Waals surface area contributed by atoms with Crippen LogP contribution >= 0.6 is 11.8 Å². The summed E-state index contributed by atoms with van der Waals surface area (Å²) >= 11 is 1.11. The lowest BCUT2D eigenvalue weighted by atomic mass is 9.98. The van der Waals surface area contributed by atoms with Gasteiger partial charge in [0.1, 0.15) is 25.3 Å². The standard InChI is InChI=1S/C37H34N2O8S/c38-32(34(40)41)21-48-18-17-33(35(42)43)39(36(44)46-19-30-26-13-5-1-9-22(26)23-10-2-6-14-27(23)30)37(45)47-20-31-28-15-7-3-11-24(28)25-12-4-8-16-29(25)31/h1-16,30-33H,17-21,38H2,(H,40,41)(H,42,43). The van der Waals surface area contributed by atoms with Gasteiger partial charge >= 0.3 is 24.1 Å². The molecule has 0 bridgehead atoms. The summed E-state index contributed by atoms with van der Waals surface area (Å²) in [7, 11) is 0. The number of imide groups is 1. The summed E-state index contributed by atoms with van der Waals surface area (Å²) in [4.78, 5) is 51.8. The lowest BCUT2D eigenvalue weighted by Crippen LogP contribution is -2.50. The SMILES string of the molecule is NC(CSCCC(C(=O)O)N(C(=O)OCC1c2ccccc2-c2ccccc21)C(=O)OCC1c2ccccc2-c2ccccc21)C(=O)O. The molecule has 0 radical (unpaired) electrons. The molecule has 2 unspecified atom stereocenters. The van der Waals surface area contributed by atoms with Crippen molar-refractivity contribution in [1.82, 2.24) is 4.90 Å². The fraction of sp³-hybridized carbons (Fsp3) is 0.243. The molecule has 2 atom stereocenters. The Hall–Kier alpha value is -5.13. The van der Waals surface area contributed by atoms with Gasteiger partial charge in [0.25, 0.3) is 0 Å². The third-order valence-electron chi connectivity index (χ3n) is 8.81. The van der Waals surface area contributed by atoms with Gasteiger partial charge in [0, 0.05) is 17.6 Å². The van der Waals surface area contributed by atoms with E-state index in [1.54, 1.807) is 0 Å². The number of fused-ring (bicyclic) bond motifs is 6. The summed E-state index contributed by atoms with van der Waals surface area (Å²) in [5.41, 5.74) is 13.5. The number of hydrogen-bond acceptors (Lipinski definition) is 8. The minimum atomic E-state index is -1.63. The maximum absolute atomic E-state index is 13.8. The summed E-state index contributed by atoms with van der Waals surface area (Å²) < 4.78 is 11.5. The first-order valence-electron chi connectivity index (χ1n) is 15.5. The number of carboxylic acid groups (broad SMARTS) is 2. The predicted molar refractivity (Wildman–Crippen MR) is 181 cm³/mol. The van der Waals surface area contributed by atoms with E-state index in [4.69, 9.17) is 20.3 Å². The van der Waals surface area contributed by atoms with Crippen LogP contribution in [0.1, 0.15) is 40.5 Å². The van der Waals surface area contributed by atoms with Crippen LogP contribution in [0, 0.1) is 0 Å². The zero-order valence-electron chi connectivity index (χ0n) is 25.9. The Morgan fingerprint density at radius 3 is 1.38 bits per heavy atom. The van der Waals surface area contributed by atoms with E-state index in [1.807, 2.05) is 97.1 Å². The van der Waals surface area contributed by atoms with Crippen molar-refractivity contribution < 1.29 is 38.9 Å². The molecule has 0 spiro atoms. The zero-order valence-corrected chi connectivity index (χ0v) is 26.7. The fourth-order valence-electron chi connectivity index (χ4n) is 6.50. The van der Waals surface area contributed by atoms with E-state index in [0.29, 0.717) is 4.90 Å². The molecule has 6 rings (SSSR count). The van der Waals surface area contributed by atoms with Crippen LogP contribution in [0.5, 0.6) is 0 Å². The highest BCUT2D eigenvalue weighted by Gasteiger charge is 2.39. The summed E-state index contributed by atoms with van der Waals surface area (Å²) in [6.07, 6.45) is -2.47. The number of carbonyl (C=O) groups excluding carboxylic acids is 2. The first-order valence-corrected chi connectivity index (χ1v) is 16.7. The Morgan fingerprint density at radius 2 is 1.02 bits per heavy atom. The van der Waals surface area contributed by atoms with Gasteiger partial charge in [-0.2, -0.15) is 16.7 Å². The highest BCUT2D eigenvalue weighted by Crippen LogP contribution is 2.46. The maximum Gasteiger partial charge on any atom is 0.420 e. The predicted octanol–water partition coefficient (Wildman–Crippen LogP) is 6.18. The lowest BCUT2D eigenvalue weighted by molar-refractivity contribution is -0.142. The van der Waals surface area contributed by atoms with Crippen molar-refractivity contribution in [3.05, 3.63) is 119 Å². The van der Waals surface area contributed by atoms with Crippen LogP contribution in [-0.4, -0.2) is 76.0 Å². The van der Waals surface area contributed by atoms with Crippen molar-refractivity contribution >= 4 is 35.9 Å². The second kappa shape index (κ2) is 14.3. The molecule has 0 aliphatic heterocycles. The van der Waals surface area contributed by atoms with Crippen LogP contribution < -0.4 is 5.73 Å². The largest absolute Gasteiger partial charge is 0.480 e. The van der Waals surface area contributed by atoms with Gasteiger partial charge in [-0.05, 0) is 56.7 Å². The van der Waals surface area contributed by atoms with Gasteiger partial charge in [-0.1, -0.05) is 97.1 Å². The first kappa shape index (κ1) is 32.8. The Bertz CT molecular complexity index is 1660. The smallest absolute Gasteiger partial charge is 0.420 e. The Balaban J connectivity index is 1.22. The zero-order chi connectivity index (χ0) is 33.8. The quantitative estimate of drug-likeness (QED) is 0.149. The van der Waals surface area contributed by atoms with E-state index in [-0.39, 0.29) is 43.0 Å². The molecule has 0 fully saturated rings. The normalized spacial score (nSPS) is 14.2. The first-order chi connectivity index (χ1) is 23.3. The molecule has 48 heavy (non-hydrogen) atoms. The van der Waals surface area contributed by atoms with Gasteiger partial charge in [0.05, 0.1) is 0 Å². The average Bonchev–Trinajstić information content (AvgIpc) is 3.59. The molecule has 0 saturated carbocycles. The monoisotopic (exact) mass is 666 g/mol. The molecule has 4 N–H and O–H groups in total. The highest BCUT2D eigenvalue weighted by atomic mass is 32.2. The second-order valence-electron chi connectivity index (χ2n) is 11.6. The topological polar surface area (TPSA) is 156 Å². The van der Waals surface area contributed by atoms with Crippen LogP contribution in [0.4, 0.5) is 9.59 Å². The molecular formula is C37H34N2O8S. The van der Waals surface area contributed by atoms with Crippen molar-refractivity contribution in [2.75, 3.05) is 24.7 Å². The van der Waals surface area contributed by atoms with E-state index in [2.05, 4.69) is 0 Å². The molecule has 11 heteroatoms. The number of aliphatic carboxylic acids is 2. The van der Waals surface area contributed by atoms with E-state index in [9.17, 15) is 24.3 Å². The third kappa shape index (κ3) is 6.51. The number of nitrogens with two attached hydrogens (primary N) is 1. The van der Waals surface area contributed by atoms with Crippen LogP contribution in [-0.2, 0) is 19.1 Å². The molecular weight excluding hydrogens is 632 g/mol. The number of ether oxygens (including phenoxy) is 2. The molecule has 2 aliphatic carbocycles. The summed E-state index contributed by atoms with van der Waals surface area (Å²) in [6.45, 7) is -0.261. The van der Waals surface area contributed by atoms with Crippen LogP contribution in [0.15, 0.2) is 97.1 Å². The van der Waals surface area contributed by atoms with Gasteiger partial charge in [-0.3, -0.25) is 4.79 Å². The lowest BCUT2D eigenvalue weighted by Gasteiger charge is -2.27. The van der Waals surface area contributed by atoms with Gasteiger partial charge in [-0.25, -0.2) is 14.4 Å². The van der Waals surface area contributed by atoms with E-state index in [1.165, 1.54) is 0 Å². The summed E-state index contributed by atoms with van der Waals surface area (Å²) in [6, 6.07) is 28.3. The number of carbonyl (C=O) groups is 4. The van der Waals surface area contributed by atoms with Crippen LogP contribution in [0.25, 0.3) is 22.3 Å². The van der Waals surface area contributed by atoms with E-state index < -0.39 is 36.2 Å². The molecule has 0 heterocycles. The molecule has 0 saturated heterocycles. The minimum absolute atomic E-state index is 0.0254. The maximum atomic E-state index is 13.8. The molecule has 0 aromatic heterocycles. The minimum Gasteiger partial charge on any atom is -0.480 e. The molecule has 246 valence electrons. The van der Waals surface area contributed by atoms with Crippen molar-refractivity contribution in [1.29, 1.82) is 0 Å². The third-order valence-corrected chi connectivity index (χ3v) is 9.93. The van der Waals surface area contributed by atoms with Gasteiger partial charge < -0.3 is 25.4 Å². The van der Waals surface area contributed by atoms with Crippen molar-refractivity contribution in [3.63, 3.8) is 0 Å². The molecule has 4 aromatic carbocycles. The van der Waals surface area contributed by atoms with E-state index in [0.717, 1.165) is 56.3 Å². The molecule has 2 aliphatic rings. The second-order valence-corrected chi connectivity index (χ2v) is 12.8.